The molecule has 0 aliphatic rings. The van der Waals surface area contributed by atoms with E-state index in [2.05, 4.69) is 25.6 Å². The van der Waals surface area contributed by atoms with Crippen molar-refractivity contribution in [3.8, 4) is 5.75 Å². The third kappa shape index (κ3) is 8.54. The summed E-state index contributed by atoms with van der Waals surface area (Å²) in [5.41, 5.74) is 4.56. The van der Waals surface area contributed by atoms with Crippen LogP contribution in [-0.2, 0) is 22.7 Å². The topological polar surface area (TPSA) is 174 Å². The van der Waals surface area contributed by atoms with Gasteiger partial charge in [-0.25, -0.2) is 27.5 Å². The van der Waals surface area contributed by atoms with Gasteiger partial charge < -0.3 is 30.7 Å². The number of nitrogens with two attached hydrogens (primary N) is 1. The van der Waals surface area contributed by atoms with Gasteiger partial charge in [0.25, 0.3) is 11.5 Å². The lowest BCUT2D eigenvalue weighted by Crippen LogP contribution is -2.44. The highest BCUT2D eigenvalue weighted by atomic mass is 19.1. The molecule has 49 heavy (non-hydrogen) atoms. The standard InChI is InChI=1S/C33H27F4N7O5/c34-19-8-7-18(22(37)14-19)17-49-30-21(36)10-12-23-29(30)43-28(40-23)16-44-13-3-5-26(33(44)48)42-32(47)25(4-1-2-6-27(38)45)41-31(46)24-11-9-20(35)15-39-24/h2-3,5-15,25H,1,4,16-17H2,(H2,38,45)(H,40,43)(H,41,46)(H,42,47)/b6-2+/t25-/m0/s1. The Morgan fingerprint density at radius 3 is 2.55 bits per heavy atom. The second-order valence-corrected chi connectivity index (χ2v) is 10.6. The highest BCUT2D eigenvalue weighted by molar-refractivity contribution is 6.00. The van der Waals surface area contributed by atoms with E-state index in [1.807, 2.05) is 0 Å². The molecule has 2 aromatic carbocycles. The molecule has 12 nitrogen and oxygen atoms in total. The van der Waals surface area contributed by atoms with Gasteiger partial charge in [-0.15, -0.1) is 0 Å². The Bertz CT molecular complexity index is 2120. The average molecular weight is 678 g/mol. The fourth-order valence-electron chi connectivity index (χ4n) is 4.69. The van der Waals surface area contributed by atoms with Crippen LogP contribution in [0, 0.1) is 23.3 Å². The maximum absolute atomic E-state index is 14.8. The van der Waals surface area contributed by atoms with Crippen molar-refractivity contribution in [3.05, 3.63) is 130 Å². The number of allylic oxidation sites excluding steroid dienone is 1. The minimum Gasteiger partial charge on any atom is -0.483 e. The molecule has 16 heteroatoms. The van der Waals surface area contributed by atoms with Crippen molar-refractivity contribution in [3.63, 3.8) is 0 Å². The first kappa shape index (κ1) is 34.0. The molecule has 5 N–H and O–H groups in total. The number of carbonyl (C=O) groups is 3. The Labute approximate surface area is 274 Å². The van der Waals surface area contributed by atoms with Gasteiger partial charge >= 0.3 is 0 Å². The van der Waals surface area contributed by atoms with Gasteiger partial charge in [0, 0.05) is 17.8 Å². The minimum atomic E-state index is -1.21. The number of ether oxygens (including phenoxy) is 1. The Morgan fingerprint density at radius 2 is 1.82 bits per heavy atom. The van der Waals surface area contributed by atoms with Crippen LogP contribution in [0.1, 0.15) is 34.7 Å². The average Bonchev–Trinajstić information content (AvgIpc) is 3.47. The number of hydrogen-bond donors (Lipinski definition) is 4. The molecule has 0 aliphatic heterocycles. The van der Waals surface area contributed by atoms with Gasteiger partial charge in [-0.1, -0.05) is 6.08 Å². The smallest absolute Gasteiger partial charge is 0.274 e. The van der Waals surface area contributed by atoms with E-state index in [1.54, 1.807) is 0 Å². The third-order valence-corrected chi connectivity index (χ3v) is 7.08. The number of aromatic nitrogens is 4. The van der Waals surface area contributed by atoms with Crippen LogP contribution in [0.15, 0.2) is 83.9 Å². The number of primary amides is 1. The molecule has 5 rings (SSSR count). The number of aromatic amines is 1. The van der Waals surface area contributed by atoms with E-state index >= 15 is 0 Å². The Kier molecular flexibility index (Phi) is 10.5. The van der Waals surface area contributed by atoms with Crippen LogP contribution >= 0.6 is 0 Å². The number of carbonyl (C=O) groups excluding carboxylic acids is 3. The summed E-state index contributed by atoms with van der Waals surface area (Å²) in [5.74, 6) is -5.40. The fourth-order valence-corrected chi connectivity index (χ4v) is 4.69. The Balaban J connectivity index is 1.33. The van der Waals surface area contributed by atoms with E-state index in [9.17, 15) is 36.7 Å². The lowest BCUT2D eigenvalue weighted by molar-refractivity contribution is -0.118. The maximum Gasteiger partial charge on any atom is 0.274 e. The zero-order valence-corrected chi connectivity index (χ0v) is 25.4. The minimum absolute atomic E-state index is 0.00266. The summed E-state index contributed by atoms with van der Waals surface area (Å²) < 4.78 is 62.1. The van der Waals surface area contributed by atoms with Crippen LogP contribution in [0.5, 0.6) is 5.75 Å². The van der Waals surface area contributed by atoms with Gasteiger partial charge in [0.15, 0.2) is 11.6 Å². The molecular weight excluding hydrogens is 650 g/mol. The molecule has 3 amide bonds. The summed E-state index contributed by atoms with van der Waals surface area (Å²) in [4.78, 5) is 61.5. The van der Waals surface area contributed by atoms with Crippen molar-refractivity contribution in [2.24, 2.45) is 5.73 Å². The number of amides is 3. The highest BCUT2D eigenvalue weighted by Crippen LogP contribution is 2.28. The molecule has 0 unspecified atom stereocenters. The molecule has 252 valence electrons. The van der Waals surface area contributed by atoms with Gasteiger partial charge in [-0.05, 0) is 67.4 Å². The van der Waals surface area contributed by atoms with Crippen molar-refractivity contribution in [1.82, 2.24) is 24.8 Å². The van der Waals surface area contributed by atoms with Crippen LogP contribution in [0.25, 0.3) is 11.0 Å². The molecule has 1 atom stereocenters. The molecular formula is C33H27F4N7O5. The van der Waals surface area contributed by atoms with Crippen molar-refractivity contribution in [1.29, 1.82) is 0 Å². The molecule has 0 saturated carbocycles. The number of pyridine rings is 2. The Hall–Kier alpha value is -6.32. The number of H-pyrrole nitrogens is 1. The Morgan fingerprint density at radius 1 is 1.02 bits per heavy atom. The maximum atomic E-state index is 14.8. The lowest BCUT2D eigenvalue weighted by Gasteiger charge is -2.18. The molecule has 0 saturated heterocycles. The van der Waals surface area contributed by atoms with E-state index in [1.165, 1.54) is 41.1 Å². The SMILES string of the molecule is NC(=O)/C=C/CC[C@H](NC(=O)c1ccc(F)cn1)C(=O)Nc1cccn(Cc2nc3c(OCc4ccc(F)cc4F)c(F)ccc3[nH]2)c1=O. The van der Waals surface area contributed by atoms with Gasteiger partial charge in [0.1, 0.15) is 52.8 Å². The molecule has 3 heterocycles. The predicted molar refractivity (Wildman–Crippen MR) is 168 cm³/mol. The first-order chi connectivity index (χ1) is 23.5. The molecule has 0 bridgehead atoms. The van der Waals surface area contributed by atoms with E-state index in [0.29, 0.717) is 11.6 Å². The monoisotopic (exact) mass is 677 g/mol. The number of rotatable bonds is 13. The summed E-state index contributed by atoms with van der Waals surface area (Å²) in [7, 11) is 0. The number of anilines is 1. The second-order valence-electron chi connectivity index (χ2n) is 10.6. The summed E-state index contributed by atoms with van der Waals surface area (Å²) >= 11 is 0. The normalized spacial score (nSPS) is 11.8. The van der Waals surface area contributed by atoms with E-state index in [-0.39, 0.29) is 53.4 Å². The first-order valence-electron chi connectivity index (χ1n) is 14.6. The summed E-state index contributed by atoms with van der Waals surface area (Å²) in [6.45, 7) is -0.561. The molecule has 0 fully saturated rings. The molecule has 0 spiro atoms. The fraction of sp³-hybridized carbons (Fsp3) is 0.152. The van der Waals surface area contributed by atoms with Crippen molar-refractivity contribution in [2.45, 2.75) is 32.0 Å². The molecule has 0 radical (unpaired) electrons. The summed E-state index contributed by atoms with van der Waals surface area (Å²) in [6, 6.07) is 9.21. The highest BCUT2D eigenvalue weighted by Gasteiger charge is 2.23. The lowest BCUT2D eigenvalue weighted by atomic mass is 10.1. The van der Waals surface area contributed by atoms with Gasteiger partial charge in [-0.3, -0.25) is 19.2 Å². The van der Waals surface area contributed by atoms with E-state index in [4.69, 9.17) is 10.5 Å². The van der Waals surface area contributed by atoms with Crippen molar-refractivity contribution in [2.75, 3.05) is 5.32 Å². The number of fused-ring (bicyclic) bond motifs is 1. The van der Waals surface area contributed by atoms with Crippen LogP contribution in [0.3, 0.4) is 0 Å². The van der Waals surface area contributed by atoms with E-state index in [0.717, 1.165) is 36.5 Å². The summed E-state index contributed by atoms with van der Waals surface area (Å²) in [5, 5.41) is 4.99. The largest absolute Gasteiger partial charge is 0.483 e. The van der Waals surface area contributed by atoms with Gasteiger partial charge in [-0.2, -0.15) is 0 Å². The molecule has 5 aromatic rings. The number of nitrogens with zero attached hydrogens (tertiary/aromatic N) is 3. The quantitative estimate of drug-likeness (QED) is 0.108. The van der Waals surface area contributed by atoms with Crippen molar-refractivity contribution < 1.29 is 36.7 Å². The zero-order valence-electron chi connectivity index (χ0n) is 25.4. The number of nitrogens with one attached hydrogen (secondary N) is 3. The third-order valence-electron chi connectivity index (χ3n) is 7.08. The van der Waals surface area contributed by atoms with Crippen molar-refractivity contribution >= 4 is 34.4 Å². The van der Waals surface area contributed by atoms with Crippen LogP contribution in [-0.4, -0.2) is 43.3 Å². The van der Waals surface area contributed by atoms with Gasteiger partial charge in [0.05, 0.1) is 18.3 Å². The summed E-state index contributed by atoms with van der Waals surface area (Å²) in [6.07, 6.45) is 4.92. The zero-order chi connectivity index (χ0) is 35.1. The predicted octanol–water partition coefficient (Wildman–Crippen LogP) is 3.86. The van der Waals surface area contributed by atoms with E-state index < -0.39 is 59.2 Å². The molecule has 0 aliphatic carbocycles. The van der Waals surface area contributed by atoms with Crippen LogP contribution in [0.2, 0.25) is 0 Å². The second kappa shape index (κ2) is 15.1. The van der Waals surface area contributed by atoms with Gasteiger partial charge in [0.2, 0.25) is 11.8 Å². The van der Waals surface area contributed by atoms with Crippen LogP contribution < -0.4 is 26.7 Å². The first-order valence-corrected chi connectivity index (χ1v) is 14.6. The number of halogens is 4. The number of benzene rings is 2. The molecule has 3 aromatic heterocycles. The number of imidazole rings is 1. The number of hydrogen-bond acceptors (Lipinski definition) is 7. The van der Waals surface area contributed by atoms with Crippen LogP contribution in [0.4, 0.5) is 23.2 Å².